The summed E-state index contributed by atoms with van der Waals surface area (Å²) in [4.78, 5) is 19.7. The Labute approximate surface area is 183 Å². The van der Waals surface area contributed by atoms with Crippen molar-refractivity contribution >= 4 is 44.3 Å². The molecule has 0 saturated carbocycles. The van der Waals surface area contributed by atoms with Gasteiger partial charge in [-0.1, -0.05) is 12.1 Å². The number of amides is 1. The lowest BCUT2D eigenvalue weighted by Gasteiger charge is -2.13. The minimum absolute atomic E-state index is 0.00895. The molecule has 158 valence electrons. The average Bonchev–Trinajstić information content (AvgIpc) is 3.48. The molecular weight excluding hydrogens is 442 g/mol. The molecule has 3 heterocycles. The Morgan fingerprint density at radius 1 is 1.23 bits per heavy atom. The van der Waals surface area contributed by atoms with E-state index in [1.54, 1.807) is 35.7 Å². The Kier molecular flexibility index (Phi) is 5.81. The third-order valence-corrected chi connectivity index (χ3v) is 8.82. The maximum Gasteiger partial charge on any atom is 0.271 e. The molecule has 1 saturated heterocycles. The quantitative estimate of drug-likeness (QED) is 0.591. The highest BCUT2D eigenvalue weighted by Gasteiger charge is 2.25. The van der Waals surface area contributed by atoms with Gasteiger partial charge < -0.3 is 9.64 Å². The summed E-state index contributed by atoms with van der Waals surface area (Å²) in [7, 11) is -2.29. The van der Waals surface area contributed by atoms with E-state index in [-0.39, 0.29) is 10.1 Å². The molecule has 2 aromatic heterocycles. The van der Waals surface area contributed by atoms with Gasteiger partial charge >= 0.3 is 0 Å². The molecule has 1 amide bonds. The number of anilines is 1. The summed E-state index contributed by atoms with van der Waals surface area (Å²) >= 11 is 2.42. The lowest BCUT2D eigenvalue weighted by Crippen LogP contribution is -2.27. The fourth-order valence-corrected chi connectivity index (χ4v) is 6.61. The van der Waals surface area contributed by atoms with Crippen molar-refractivity contribution in [3.63, 3.8) is 0 Å². The zero-order valence-corrected chi connectivity index (χ0v) is 19.0. The first-order valence-electron chi connectivity index (χ1n) is 9.40. The van der Waals surface area contributed by atoms with Gasteiger partial charge in [0.2, 0.25) is 0 Å². The van der Waals surface area contributed by atoms with Crippen molar-refractivity contribution in [1.82, 2.24) is 9.88 Å². The number of nitrogens with zero attached hydrogens (tertiary/aromatic N) is 2. The number of ether oxygens (including phenoxy) is 1. The van der Waals surface area contributed by atoms with E-state index in [9.17, 15) is 13.2 Å². The molecule has 4 rings (SSSR count). The lowest BCUT2D eigenvalue weighted by atomic mass is 10.3. The molecule has 1 aliphatic rings. The smallest absolute Gasteiger partial charge is 0.271 e. The number of para-hydroxylation sites is 2. The number of hydrogen-bond donors (Lipinski definition) is 1. The van der Waals surface area contributed by atoms with Gasteiger partial charge in [-0.25, -0.2) is 13.4 Å². The van der Waals surface area contributed by atoms with E-state index in [4.69, 9.17) is 4.74 Å². The average molecular weight is 464 g/mol. The van der Waals surface area contributed by atoms with Gasteiger partial charge in [-0.3, -0.25) is 9.52 Å². The molecule has 1 fully saturated rings. The Morgan fingerprint density at radius 3 is 2.70 bits per heavy atom. The van der Waals surface area contributed by atoms with Crippen molar-refractivity contribution in [3.8, 4) is 16.3 Å². The lowest BCUT2D eigenvalue weighted by molar-refractivity contribution is 0.0796. The molecule has 3 aromatic rings. The maximum atomic E-state index is 12.8. The van der Waals surface area contributed by atoms with Gasteiger partial charge in [0.15, 0.2) is 0 Å². The van der Waals surface area contributed by atoms with E-state index < -0.39 is 10.0 Å². The summed E-state index contributed by atoms with van der Waals surface area (Å²) < 4.78 is 33.6. The summed E-state index contributed by atoms with van der Waals surface area (Å²) in [5.41, 5.74) is 1.74. The summed E-state index contributed by atoms with van der Waals surface area (Å²) in [6.07, 6.45) is 2.06. The third-order valence-electron chi connectivity index (χ3n) is 4.82. The number of benzene rings is 1. The second kappa shape index (κ2) is 8.37. The molecule has 1 N–H and O–H groups in total. The van der Waals surface area contributed by atoms with Gasteiger partial charge in [-0.2, -0.15) is 0 Å². The SMILES string of the molecule is COc1ccccc1NS(=O)(=O)c1cc(-c2nc(C)c(C(=O)N3CCCC3)s2)cs1. The number of carbonyl (C=O) groups excluding carboxylic acids is 1. The van der Waals surface area contributed by atoms with Crippen molar-refractivity contribution in [1.29, 1.82) is 0 Å². The number of methoxy groups -OCH3 is 1. The van der Waals surface area contributed by atoms with Crippen LogP contribution >= 0.6 is 22.7 Å². The van der Waals surface area contributed by atoms with Gasteiger partial charge in [0.1, 0.15) is 19.8 Å². The summed E-state index contributed by atoms with van der Waals surface area (Å²) in [6.45, 7) is 3.37. The number of nitrogens with one attached hydrogen (secondary N) is 1. The number of aromatic nitrogens is 1. The number of hydrogen-bond acceptors (Lipinski definition) is 7. The Balaban J connectivity index is 1.58. The predicted molar refractivity (Wildman–Crippen MR) is 119 cm³/mol. The van der Waals surface area contributed by atoms with Crippen molar-refractivity contribution in [3.05, 3.63) is 46.3 Å². The topological polar surface area (TPSA) is 88.6 Å². The fraction of sp³-hybridized carbons (Fsp3) is 0.300. The van der Waals surface area contributed by atoms with Crippen LogP contribution in [-0.4, -0.2) is 44.4 Å². The number of aryl methyl sites for hydroxylation is 1. The second-order valence-electron chi connectivity index (χ2n) is 6.89. The number of carbonyl (C=O) groups is 1. The monoisotopic (exact) mass is 463 g/mol. The van der Waals surface area contributed by atoms with Crippen LogP contribution in [0.1, 0.15) is 28.2 Å². The summed E-state index contributed by atoms with van der Waals surface area (Å²) in [5.74, 6) is 0.452. The Bertz CT molecular complexity index is 1180. The van der Waals surface area contributed by atoms with Crippen LogP contribution in [0.25, 0.3) is 10.6 Å². The minimum Gasteiger partial charge on any atom is -0.495 e. The van der Waals surface area contributed by atoms with E-state index in [0.29, 0.717) is 32.6 Å². The van der Waals surface area contributed by atoms with Crippen molar-refractivity contribution in [2.75, 3.05) is 24.9 Å². The van der Waals surface area contributed by atoms with Gasteiger partial charge in [0.25, 0.3) is 15.9 Å². The van der Waals surface area contributed by atoms with E-state index >= 15 is 0 Å². The highest BCUT2D eigenvalue weighted by Crippen LogP contribution is 2.35. The van der Waals surface area contributed by atoms with Crippen LogP contribution in [-0.2, 0) is 10.0 Å². The van der Waals surface area contributed by atoms with Gasteiger partial charge in [-0.05, 0) is 38.0 Å². The molecule has 0 bridgehead atoms. The number of likely N-dealkylation sites (tertiary alicyclic amines) is 1. The molecule has 0 radical (unpaired) electrons. The standard InChI is InChI=1S/C20H21N3O4S3/c1-13-18(20(24)23-9-5-6-10-23)29-19(21-13)14-11-17(28-12-14)30(25,26)22-15-7-3-4-8-16(15)27-2/h3-4,7-8,11-12,22H,5-6,9-10H2,1-2H3. The van der Waals surface area contributed by atoms with Crippen LogP contribution in [0.15, 0.2) is 39.9 Å². The molecule has 10 heteroatoms. The first-order chi connectivity index (χ1) is 14.4. The zero-order chi connectivity index (χ0) is 21.3. The van der Waals surface area contributed by atoms with Crippen LogP contribution in [0.2, 0.25) is 0 Å². The molecule has 0 spiro atoms. The number of rotatable bonds is 6. The van der Waals surface area contributed by atoms with Crippen LogP contribution in [0.5, 0.6) is 5.75 Å². The molecule has 7 nitrogen and oxygen atoms in total. The Morgan fingerprint density at radius 2 is 1.97 bits per heavy atom. The van der Waals surface area contributed by atoms with E-state index in [0.717, 1.165) is 37.3 Å². The third kappa shape index (κ3) is 4.07. The van der Waals surface area contributed by atoms with E-state index in [1.807, 2.05) is 11.8 Å². The summed E-state index contributed by atoms with van der Waals surface area (Å²) in [5, 5.41) is 2.39. The maximum absolute atomic E-state index is 12.8. The van der Waals surface area contributed by atoms with Crippen LogP contribution in [0.4, 0.5) is 5.69 Å². The molecule has 1 aliphatic heterocycles. The van der Waals surface area contributed by atoms with Crippen molar-refractivity contribution in [2.24, 2.45) is 0 Å². The molecule has 0 unspecified atom stereocenters. The Hall–Kier alpha value is -2.43. The number of thiazole rings is 1. The minimum atomic E-state index is -3.78. The number of thiophene rings is 1. The molecule has 0 aliphatic carbocycles. The highest BCUT2D eigenvalue weighted by molar-refractivity contribution is 7.94. The zero-order valence-electron chi connectivity index (χ0n) is 16.5. The van der Waals surface area contributed by atoms with Crippen LogP contribution < -0.4 is 9.46 Å². The molecule has 30 heavy (non-hydrogen) atoms. The van der Waals surface area contributed by atoms with E-state index in [2.05, 4.69) is 9.71 Å². The normalized spacial score (nSPS) is 14.1. The van der Waals surface area contributed by atoms with Crippen LogP contribution in [0, 0.1) is 6.92 Å². The molecular formula is C20H21N3O4S3. The second-order valence-corrected chi connectivity index (χ2v) is 10.7. The summed E-state index contributed by atoms with van der Waals surface area (Å²) in [6, 6.07) is 8.42. The first kappa shape index (κ1) is 20.8. The fourth-order valence-electron chi connectivity index (χ4n) is 3.28. The van der Waals surface area contributed by atoms with Crippen molar-refractivity contribution < 1.29 is 17.9 Å². The molecule has 1 aromatic carbocycles. The van der Waals surface area contributed by atoms with Gasteiger partial charge in [-0.15, -0.1) is 22.7 Å². The van der Waals surface area contributed by atoms with Crippen LogP contribution in [0.3, 0.4) is 0 Å². The molecule has 0 atom stereocenters. The van der Waals surface area contributed by atoms with Crippen molar-refractivity contribution in [2.45, 2.75) is 24.0 Å². The predicted octanol–water partition coefficient (Wildman–Crippen LogP) is 4.23. The first-order valence-corrected chi connectivity index (χ1v) is 12.6. The van der Waals surface area contributed by atoms with Gasteiger partial charge in [0, 0.05) is 24.0 Å². The largest absolute Gasteiger partial charge is 0.495 e. The highest BCUT2D eigenvalue weighted by atomic mass is 32.2. The van der Waals surface area contributed by atoms with E-state index in [1.165, 1.54) is 18.4 Å². The van der Waals surface area contributed by atoms with Gasteiger partial charge in [0.05, 0.1) is 18.5 Å². The number of sulfonamides is 1.